The molecule has 3 nitrogen and oxygen atoms in total. The van der Waals surface area contributed by atoms with Gasteiger partial charge in [-0.2, -0.15) is 0 Å². The van der Waals surface area contributed by atoms with Gasteiger partial charge in [0, 0.05) is 10.1 Å². The fraction of sp³-hybridized carbons (Fsp3) is 0. The molecule has 0 bridgehead atoms. The van der Waals surface area contributed by atoms with E-state index in [1.165, 1.54) is 12.4 Å². The molecule has 0 aromatic rings. The van der Waals surface area contributed by atoms with E-state index in [0.29, 0.717) is 0 Å². The van der Waals surface area contributed by atoms with E-state index in [2.05, 4.69) is 20.9 Å². The van der Waals surface area contributed by atoms with Crippen LogP contribution in [-0.2, 0) is 0 Å². The second-order valence-corrected chi connectivity index (χ2v) is 0.743. The van der Waals surface area contributed by atoms with Crippen molar-refractivity contribution in [2.75, 3.05) is 0 Å². The van der Waals surface area contributed by atoms with Gasteiger partial charge in [0.1, 0.15) is 6.20 Å². The van der Waals surface area contributed by atoms with Crippen molar-refractivity contribution in [1.29, 1.82) is 0 Å². The molecule has 0 aromatic carbocycles. The summed E-state index contributed by atoms with van der Waals surface area (Å²) in [4.78, 5) is 6.78. The Balaban J connectivity index is 3.10. The van der Waals surface area contributed by atoms with E-state index in [9.17, 15) is 0 Å². The quantitative estimate of drug-likeness (QED) is 0.375. The average Bonchev–Trinajstić information content (AvgIpc) is 1.72. The summed E-state index contributed by atoms with van der Waals surface area (Å²) in [5.41, 5.74) is 0. The molecule has 0 spiro atoms. The molecule has 0 unspecified atom stereocenters. The molecule has 1 aliphatic rings. The Labute approximate surface area is 34.5 Å². The van der Waals surface area contributed by atoms with Gasteiger partial charge in [-0.1, -0.05) is 0 Å². The second-order valence-electron chi connectivity index (χ2n) is 0.743. The molecule has 0 atom stereocenters. The maximum Gasteiger partial charge on any atom is 0.461 e. The summed E-state index contributed by atoms with van der Waals surface area (Å²) in [6.07, 6.45) is 3.02. The average molecular weight is 80.1 g/mol. The molecule has 0 fully saturated rings. The van der Waals surface area contributed by atoms with Gasteiger partial charge in [0.25, 0.3) is 0 Å². The van der Waals surface area contributed by atoms with Crippen molar-refractivity contribution in [3.63, 3.8) is 0 Å². The summed E-state index contributed by atoms with van der Waals surface area (Å²) < 4.78 is 0. The Hall–Kier alpha value is -1.17. The Morgan fingerprint density at radius 1 is 1.50 bits per heavy atom. The lowest BCUT2D eigenvalue weighted by Crippen LogP contribution is -1.61. The SMILES string of the molecule is C1=NC=CN=[N+]=1. The minimum absolute atomic E-state index is 1.50. The van der Waals surface area contributed by atoms with Crippen molar-refractivity contribution in [2.45, 2.75) is 0 Å². The van der Waals surface area contributed by atoms with Crippen LogP contribution in [0.4, 0.5) is 0 Å². The molecule has 0 radical (unpaired) electrons. The van der Waals surface area contributed by atoms with E-state index >= 15 is 0 Å². The minimum Gasteiger partial charge on any atom is -0.0193 e. The van der Waals surface area contributed by atoms with Gasteiger partial charge in [0.15, 0.2) is 6.20 Å². The van der Waals surface area contributed by atoms with Gasteiger partial charge in [-0.25, -0.2) is 0 Å². The predicted molar refractivity (Wildman–Crippen MR) is 19.3 cm³/mol. The number of hydrogen-bond acceptors (Lipinski definition) is 2. The summed E-state index contributed by atoms with van der Waals surface area (Å²) in [6, 6.07) is 2.28. The zero-order valence-corrected chi connectivity index (χ0v) is 3.00. The molecule has 0 N–H and O–H groups in total. The molecule has 0 saturated heterocycles. The standard InChI is InChI=1S/C3H2N3/c1-2-5-6-3-4-1/h1-2H/q+1. The maximum absolute atomic E-state index is 3.49. The Bertz CT molecular complexity index is 137. The van der Waals surface area contributed by atoms with Crippen LogP contribution in [0.5, 0.6) is 0 Å². The van der Waals surface area contributed by atoms with Gasteiger partial charge in [-0.15, -0.1) is 0 Å². The van der Waals surface area contributed by atoms with E-state index in [-0.39, 0.29) is 0 Å². The van der Waals surface area contributed by atoms with Gasteiger partial charge in [-0.3, -0.25) is 0 Å². The molecule has 3 heteroatoms. The molecule has 1 aliphatic heterocycles. The van der Waals surface area contributed by atoms with E-state index < -0.39 is 0 Å². The third-order valence-electron chi connectivity index (χ3n) is 0.368. The van der Waals surface area contributed by atoms with E-state index in [4.69, 9.17) is 0 Å². The molecule has 0 saturated carbocycles. The smallest absolute Gasteiger partial charge is 0.0193 e. The lowest BCUT2D eigenvalue weighted by Gasteiger charge is -1.52. The highest BCUT2D eigenvalue weighted by molar-refractivity contribution is 5.34. The molecular weight excluding hydrogens is 78.1 g/mol. The van der Waals surface area contributed by atoms with Crippen LogP contribution in [0.2, 0.25) is 0 Å². The van der Waals surface area contributed by atoms with Crippen molar-refractivity contribution in [3.05, 3.63) is 12.4 Å². The molecule has 28 valence electrons. The summed E-state index contributed by atoms with van der Waals surface area (Å²) >= 11 is 0. The predicted octanol–water partition coefficient (Wildman–Crippen LogP) is 0.305. The van der Waals surface area contributed by atoms with Crippen molar-refractivity contribution < 1.29 is 4.79 Å². The second kappa shape index (κ2) is 1.31. The maximum atomic E-state index is 3.49. The number of hydrogen-bond donors (Lipinski definition) is 0. The van der Waals surface area contributed by atoms with Crippen LogP contribution in [0.15, 0.2) is 22.5 Å². The van der Waals surface area contributed by atoms with Gasteiger partial charge in [-0.05, 0) is 4.79 Å². The highest BCUT2D eigenvalue weighted by Crippen LogP contribution is 1.73. The van der Waals surface area contributed by atoms with E-state index in [1.807, 2.05) is 0 Å². The van der Waals surface area contributed by atoms with Crippen LogP contribution < -0.4 is 0 Å². The third kappa shape index (κ3) is 0.406. The van der Waals surface area contributed by atoms with Crippen molar-refractivity contribution in [3.8, 4) is 0 Å². The van der Waals surface area contributed by atoms with Gasteiger partial charge >= 0.3 is 6.01 Å². The van der Waals surface area contributed by atoms with Crippen LogP contribution in [-0.4, -0.2) is 10.8 Å². The lowest BCUT2D eigenvalue weighted by atomic mass is 10.9. The normalized spacial score (nSPS) is 13.3. The summed E-state index contributed by atoms with van der Waals surface area (Å²) in [5.74, 6) is 0. The van der Waals surface area contributed by atoms with Crippen LogP contribution >= 0.6 is 0 Å². The molecule has 0 amide bonds. The van der Waals surface area contributed by atoms with Crippen molar-refractivity contribution >= 4 is 6.01 Å². The molecule has 0 aromatic heterocycles. The Morgan fingerprint density at radius 2 is 2.50 bits per heavy atom. The molecule has 6 heavy (non-hydrogen) atoms. The fourth-order valence-electron chi connectivity index (χ4n) is 0.181. The first-order valence-electron chi connectivity index (χ1n) is 1.50. The third-order valence-corrected chi connectivity index (χ3v) is 0.368. The summed E-state index contributed by atoms with van der Waals surface area (Å²) in [6.45, 7) is 0. The fourth-order valence-corrected chi connectivity index (χ4v) is 0.181. The highest BCUT2D eigenvalue weighted by atomic mass is 15.0. The van der Waals surface area contributed by atoms with Gasteiger partial charge in [0.05, 0.1) is 0 Å². The summed E-state index contributed by atoms with van der Waals surface area (Å²) in [7, 11) is 0. The monoisotopic (exact) mass is 80.0 g/mol. The number of nitrogens with zero attached hydrogens (tertiary/aromatic N) is 3. The molecular formula is C3H2N3+. The first kappa shape index (κ1) is 3.04. The van der Waals surface area contributed by atoms with Crippen molar-refractivity contribution in [2.24, 2.45) is 10.1 Å². The van der Waals surface area contributed by atoms with Crippen LogP contribution in [0.25, 0.3) is 0 Å². The molecule has 0 aliphatic carbocycles. The Morgan fingerprint density at radius 3 is 2.67 bits per heavy atom. The van der Waals surface area contributed by atoms with Crippen LogP contribution in [0, 0.1) is 0 Å². The first-order chi connectivity index (χ1) is 3.00. The van der Waals surface area contributed by atoms with Gasteiger partial charge in [0.2, 0.25) is 0 Å². The highest BCUT2D eigenvalue weighted by Gasteiger charge is 1.76. The topological polar surface area (TPSA) is 38.8 Å². The number of aliphatic imine (C=N–C) groups is 1. The molecule has 1 heterocycles. The van der Waals surface area contributed by atoms with Crippen molar-refractivity contribution in [1.82, 2.24) is 0 Å². The van der Waals surface area contributed by atoms with Crippen LogP contribution in [0.1, 0.15) is 0 Å². The lowest BCUT2D eigenvalue weighted by molar-refractivity contribution is -0.0707. The van der Waals surface area contributed by atoms with Gasteiger partial charge < -0.3 is 0 Å². The zero-order chi connectivity index (χ0) is 4.24. The van der Waals surface area contributed by atoms with E-state index in [1.54, 1.807) is 0 Å². The zero-order valence-electron chi connectivity index (χ0n) is 3.00. The minimum atomic E-state index is 1.50. The van der Waals surface area contributed by atoms with Crippen LogP contribution in [0.3, 0.4) is 0 Å². The molecule has 1 rings (SSSR count). The largest absolute Gasteiger partial charge is 0.461 e. The Kier molecular flexibility index (Phi) is 0.666. The number of rotatable bonds is 0. The summed E-state index contributed by atoms with van der Waals surface area (Å²) in [5, 5.41) is 3.42. The first-order valence-corrected chi connectivity index (χ1v) is 1.50. The van der Waals surface area contributed by atoms with E-state index in [0.717, 1.165) is 0 Å².